The minimum Gasteiger partial charge on any atom is -0.336 e. The topological polar surface area (TPSA) is 20.3 Å². The van der Waals surface area contributed by atoms with Gasteiger partial charge in [-0.05, 0) is 44.0 Å². The van der Waals surface area contributed by atoms with Crippen molar-refractivity contribution in [1.29, 1.82) is 0 Å². The largest absolute Gasteiger partial charge is 0.336 e. The molecule has 1 atom stereocenters. The van der Waals surface area contributed by atoms with Gasteiger partial charge in [-0.25, -0.2) is 0 Å². The van der Waals surface area contributed by atoms with Crippen LogP contribution in [0.25, 0.3) is 0 Å². The van der Waals surface area contributed by atoms with Crippen LogP contribution in [0.4, 0.5) is 0 Å². The number of hydrogen-bond acceptors (Lipinski definition) is 1. The summed E-state index contributed by atoms with van der Waals surface area (Å²) in [6.07, 6.45) is 2.26. The van der Waals surface area contributed by atoms with Gasteiger partial charge in [-0.2, -0.15) is 0 Å². The van der Waals surface area contributed by atoms with E-state index in [9.17, 15) is 4.79 Å². The van der Waals surface area contributed by atoms with Crippen molar-refractivity contribution in [3.63, 3.8) is 0 Å². The molecule has 1 saturated heterocycles. The van der Waals surface area contributed by atoms with Crippen molar-refractivity contribution in [2.24, 2.45) is 0 Å². The first-order chi connectivity index (χ1) is 7.18. The van der Waals surface area contributed by atoms with Crippen LogP contribution in [0, 0.1) is 0 Å². The Kier molecular flexibility index (Phi) is 3.10. The average molecular weight is 268 g/mol. The molecule has 0 aromatic heterocycles. The van der Waals surface area contributed by atoms with Gasteiger partial charge in [0.05, 0.1) is 0 Å². The van der Waals surface area contributed by atoms with Gasteiger partial charge >= 0.3 is 0 Å². The smallest absolute Gasteiger partial charge is 0.254 e. The molecule has 1 aromatic carbocycles. The number of halogens is 1. The summed E-state index contributed by atoms with van der Waals surface area (Å²) in [6, 6.07) is 7.96. The Morgan fingerprint density at radius 2 is 2.07 bits per heavy atom. The number of nitrogens with zero attached hydrogens (tertiary/aromatic N) is 1. The minimum absolute atomic E-state index is 0.160. The van der Waals surface area contributed by atoms with E-state index < -0.39 is 0 Å². The standard InChI is InChI=1S/C12H14BrNO/c1-9-3-2-8-14(9)12(15)10-4-6-11(13)7-5-10/h4-7,9H,2-3,8H2,1H3/t9-/m1/s1. The second-order valence-corrected chi connectivity index (χ2v) is 4.91. The lowest BCUT2D eigenvalue weighted by Gasteiger charge is -2.21. The Hall–Kier alpha value is -0.830. The number of hydrogen-bond donors (Lipinski definition) is 0. The van der Waals surface area contributed by atoms with E-state index in [0.717, 1.165) is 29.4 Å². The summed E-state index contributed by atoms with van der Waals surface area (Å²) < 4.78 is 1.01. The van der Waals surface area contributed by atoms with E-state index in [1.165, 1.54) is 0 Å². The van der Waals surface area contributed by atoms with Crippen molar-refractivity contribution >= 4 is 21.8 Å². The molecule has 0 radical (unpaired) electrons. The normalized spacial score (nSPS) is 20.7. The minimum atomic E-state index is 0.160. The van der Waals surface area contributed by atoms with Gasteiger partial charge in [-0.15, -0.1) is 0 Å². The maximum Gasteiger partial charge on any atom is 0.254 e. The Morgan fingerprint density at radius 3 is 2.60 bits per heavy atom. The van der Waals surface area contributed by atoms with Crippen LogP contribution in [0.1, 0.15) is 30.1 Å². The van der Waals surface area contributed by atoms with Crippen molar-refractivity contribution in [2.45, 2.75) is 25.8 Å². The molecule has 0 N–H and O–H groups in total. The highest BCUT2D eigenvalue weighted by atomic mass is 79.9. The van der Waals surface area contributed by atoms with Gasteiger partial charge in [0.2, 0.25) is 0 Å². The van der Waals surface area contributed by atoms with E-state index in [-0.39, 0.29) is 5.91 Å². The van der Waals surface area contributed by atoms with Gasteiger partial charge in [0.25, 0.3) is 5.91 Å². The molecule has 0 aliphatic carbocycles. The number of likely N-dealkylation sites (tertiary alicyclic amines) is 1. The molecule has 0 saturated carbocycles. The maximum atomic E-state index is 12.1. The summed E-state index contributed by atoms with van der Waals surface area (Å²) in [6.45, 7) is 3.01. The van der Waals surface area contributed by atoms with Crippen molar-refractivity contribution in [2.75, 3.05) is 6.54 Å². The summed E-state index contributed by atoms with van der Waals surface area (Å²) in [4.78, 5) is 14.0. The summed E-state index contributed by atoms with van der Waals surface area (Å²) in [5, 5.41) is 0. The van der Waals surface area contributed by atoms with E-state index >= 15 is 0 Å². The molecular weight excluding hydrogens is 254 g/mol. The molecule has 1 aliphatic rings. The molecule has 1 aromatic rings. The van der Waals surface area contributed by atoms with Gasteiger partial charge in [0, 0.05) is 22.6 Å². The fraction of sp³-hybridized carbons (Fsp3) is 0.417. The van der Waals surface area contributed by atoms with E-state index in [0.29, 0.717) is 6.04 Å². The lowest BCUT2D eigenvalue weighted by Crippen LogP contribution is -2.33. The molecular formula is C12H14BrNO. The Labute approximate surface area is 98.4 Å². The molecule has 1 fully saturated rings. The van der Waals surface area contributed by atoms with Crippen LogP contribution in [-0.2, 0) is 0 Å². The van der Waals surface area contributed by atoms with Crippen LogP contribution < -0.4 is 0 Å². The Morgan fingerprint density at radius 1 is 1.40 bits per heavy atom. The first-order valence-corrected chi connectivity index (χ1v) is 6.04. The number of benzene rings is 1. The predicted octanol–water partition coefficient (Wildman–Crippen LogP) is 3.07. The van der Waals surface area contributed by atoms with Crippen LogP contribution in [0.3, 0.4) is 0 Å². The van der Waals surface area contributed by atoms with Crippen molar-refractivity contribution in [3.8, 4) is 0 Å². The first-order valence-electron chi connectivity index (χ1n) is 5.25. The molecule has 1 heterocycles. The molecule has 2 rings (SSSR count). The molecule has 0 unspecified atom stereocenters. The van der Waals surface area contributed by atoms with Crippen LogP contribution in [-0.4, -0.2) is 23.4 Å². The highest BCUT2D eigenvalue weighted by molar-refractivity contribution is 9.10. The number of amides is 1. The molecule has 0 spiro atoms. The van der Waals surface area contributed by atoms with Crippen LogP contribution in [0.5, 0.6) is 0 Å². The fourth-order valence-electron chi connectivity index (χ4n) is 1.99. The quantitative estimate of drug-likeness (QED) is 0.766. The summed E-state index contributed by atoms with van der Waals surface area (Å²) in [5.74, 6) is 0.160. The van der Waals surface area contributed by atoms with Gasteiger partial charge in [-0.1, -0.05) is 15.9 Å². The third-order valence-electron chi connectivity index (χ3n) is 2.91. The second kappa shape index (κ2) is 4.35. The van der Waals surface area contributed by atoms with E-state index in [1.807, 2.05) is 29.2 Å². The third kappa shape index (κ3) is 2.23. The molecule has 80 valence electrons. The third-order valence-corrected chi connectivity index (χ3v) is 3.43. The number of carbonyl (C=O) groups is 1. The van der Waals surface area contributed by atoms with Gasteiger partial charge < -0.3 is 4.90 Å². The Balaban J connectivity index is 2.17. The van der Waals surface area contributed by atoms with Crippen molar-refractivity contribution in [3.05, 3.63) is 34.3 Å². The van der Waals surface area contributed by atoms with Crippen molar-refractivity contribution in [1.82, 2.24) is 4.90 Å². The zero-order chi connectivity index (χ0) is 10.8. The average Bonchev–Trinajstić information content (AvgIpc) is 2.65. The molecule has 1 amide bonds. The molecule has 15 heavy (non-hydrogen) atoms. The summed E-state index contributed by atoms with van der Waals surface area (Å²) in [7, 11) is 0. The highest BCUT2D eigenvalue weighted by Crippen LogP contribution is 2.20. The zero-order valence-electron chi connectivity index (χ0n) is 8.74. The van der Waals surface area contributed by atoms with Crippen molar-refractivity contribution < 1.29 is 4.79 Å². The molecule has 1 aliphatic heterocycles. The molecule has 0 bridgehead atoms. The van der Waals surface area contributed by atoms with Crippen LogP contribution in [0.15, 0.2) is 28.7 Å². The zero-order valence-corrected chi connectivity index (χ0v) is 10.3. The van der Waals surface area contributed by atoms with Gasteiger partial charge in [0.1, 0.15) is 0 Å². The first kappa shape index (κ1) is 10.7. The second-order valence-electron chi connectivity index (χ2n) is 4.00. The van der Waals surface area contributed by atoms with Crippen LogP contribution in [0.2, 0.25) is 0 Å². The molecule has 3 heteroatoms. The van der Waals surface area contributed by atoms with E-state index in [1.54, 1.807) is 0 Å². The SMILES string of the molecule is C[C@@H]1CCCN1C(=O)c1ccc(Br)cc1. The molecule has 2 nitrogen and oxygen atoms in total. The number of carbonyl (C=O) groups excluding carboxylic acids is 1. The predicted molar refractivity (Wildman–Crippen MR) is 63.9 cm³/mol. The maximum absolute atomic E-state index is 12.1. The highest BCUT2D eigenvalue weighted by Gasteiger charge is 2.25. The van der Waals surface area contributed by atoms with E-state index in [2.05, 4.69) is 22.9 Å². The summed E-state index contributed by atoms with van der Waals surface area (Å²) in [5.41, 5.74) is 0.784. The van der Waals surface area contributed by atoms with Gasteiger partial charge in [-0.3, -0.25) is 4.79 Å². The van der Waals surface area contributed by atoms with E-state index in [4.69, 9.17) is 0 Å². The monoisotopic (exact) mass is 267 g/mol. The fourth-order valence-corrected chi connectivity index (χ4v) is 2.26. The van der Waals surface area contributed by atoms with Crippen LogP contribution >= 0.6 is 15.9 Å². The van der Waals surface area contributed by atoms with Gasteiger partial charge in [0.15, 0.2) is 0 Å². The lowest BCUT2D eigenvalue weighted by atomic mass is 10.2. The lowest BCUT2D eigenvalue weighted by molar-refractivity contribution is 0.0747. The Bertz CT molecular complexity index is 360. The summed E-state index contributed by atoms with van der Waals surface area (Å²) >= 11 is 3.37. The number of rotatable bonds is 1.